The van der Waals surface area contributed by atoms with Crippen LogP contribution in [0.5, 0.6) is 0 Å². The molecule has 98 valence electrons. The molecule has 1 rings (SSSR count). The highest BCUT2D eigenvalue weighted by Gasteiger charge is 2.32. The summed E-state index contributed by atoms with van der Waals surface area (Å²) in [5.74, 6) is -2.08. The average Bonchev–Trinajstić information content (AvgIpc) is 2.63. The SMILES string of the molecule is CC(C)C(CNC(=O)C1COCC1N)C(=O)O. The van der Waals surface area contributed by atoms with Gasteiger partial charge in [-0.2, -0.15) is 0 Å². The first-order valence-corrected chi connectivity index (χ1v) is 5.77. The highest BCUT2D eigenvalue weighted by Crippen LogP contribution is 2.13. The summed E-state index contributed by atoms with van der Waals surface area (Å²) in [6.45, 7) is 4.46. The van der Waals surface area contributed by atoms with Gasteiger partial charge in [-0.15, -0.1) is 0 Å². The number of carbonyl (C=O) groups is 2. The normalized spacial score (nSPS) is 25.9. The Kier molecular flexibility index (Phi) is 4.89. The number of carbonyl (C=O) groups excluding carboxylic acids is 1. The van der Waals surface area contributed by atoms with Crippen LogP contribution in [0.25, 0.3) is 0 Å². The summed E-state index contributed by atoms with van der Waals surface area (Å²) in [5, 5.41) is 11.6. The Morgan fingerprint density at radius 1 is 1.47 bits per heavy atom. The molecule has 1 fully saturated rings. The number of nitrogens with two attached hydrogens (primary N) is 1. The van der Waals surface area contributed by atoms with E-state index in [0.29, 0.717) is 13.2 Å². The van der Waals surface area contributed by atoms with Gasteiger partial charge in [-0.3, -0.25) is 9.59 Å². The first-order chi connectivity index (χ1) is 7.93. The number of hydrogen-bond acceptors (Lipinski definition) is 4. The quantitative estimate of drug-likeness (QED) is 0.601. The molecule has 3 unspecified atom stereocenters. The Labute approximate surface area is 101 Å². The molecular formula is C11H20N2O4. The van der Waals surface area contributed by atoms with Crippen molar-refractivity contribution in [2.24, 2.45) is 23.5 Å². The van der Waals surface area contributed by atoms with Crippen molar-refractivity contribution in [2.45, 2.75) is 19.9 Å². The van der Waals surface area contributed by atoms with Crippen molar-refractivity contribution < 1.29 is 19.4 Å². The van der Waals surface area contributed by atoms with Crippen LogP contribution in [0.15, 0.2) is 0 Å². The number of aliphatic carboxylic acids is 1. The number of ether oxygens (including phenoxy) is 1. The molecule has 0 aromatic rings. The average molecular weight is 244 g/mol. The number of nitrogens with one attached hydrogen (secondary N) is 1. The fraction of sp³-hybridized carbons (Fsp3) is 0.818. The molecule has 1 saturated heterocycles. The van der Waals surface area contributed by atoms with E-state index in [-0.39, 0.29) is 30.3 Å². The minimum atomic E-state index is -0.896. The molecule has 0 bridgehead atoms. The third kappa shape index (κ3) is 3.67. The Balaban J connectivity index is 2.43. The summed E-state index contributed by atoms with van der Waals surface area (Å²) in [6, 6.07) is -0.294. The second-order valence-corrected chi connectivity index (χ2v) is 4.74. The van der Waals surface area contributed by atoms with Crippen LogP contribution in [-0.4, -0.2) is 42.8 Å². The molecule has 1 heterocycles. The number of hydrogen-bond donors (Lipinski definition) is 3. The van der Waals surface area contributed by atoms with Crippen molar-refractivity contribution in [2.75, 3.05) is 19.8 Å². The van der Waals surface area contributed by atoms with Crippen LogP contribution in [0, 0.1) is 17.8 Å². The van der Waals surface area contributed by atoms with Gasteiger partial charge >= 0.3 is 5.97 Å². The summed E-state index contributed by atoms with van der Waals surface area (Å²) >= 11 is 0. The van der Waals surface area contributed by atoms with Crippen LogP contribution in [0.2, 0.25) is 0 Å². The third-order valence-corrected chi connectivity index (χ3v) is 3.08. The van der Waals surface area contributed by atoms with E-state index in [1.165, 1.54) is 0 Å². The zero-order valence-corrected chi connectivity index (χ0v) is 10.2. The zero-order valence-electron chi connectivity index (χ0n) is 10.2. The van der Waals surface area contributed by atoms with Gasteiger partial charge in [0, 0.05) is 12.6 Å². The molecule has 4 N–H and O–H groups in total. The summed E-state index contributed by atoms with van der Waals surface area (Å²) in [4.78, 5) is 22.7. The Morgan fingerprint density at radius 2 is 2.12 bits per heavy atom. The highest BCUT2D eigenvalue weighted by molar-refractivity contribution is 5.80. The zero-order chi connectivity index (χ0) is 13.0. The molecule has 1 aliphatic rings. The van der Waals surface area contributed by atoms with E-state index >= 15 is 0 Å². The van der Waals surface area contributed by atoms with Gasteiger partial charge in [0.2, 0.25) is 5.91 Å². The molecule has 17 heavy (non-hydrogen) atoms. The van der Waals surface area contributed by atoms with E-state index in [1.807, 2.05) is 13.8 Å². The van der Waals surface area contributed by atoms with Crippen molar-refractivity contribution in [3.63, 3.8) is 0 Å². The number of amides is 1. The molecule has 0 radical (unpaired) electrons. The summed E-state index contributed by atoms with van der Waals surface area (Å²) < 4.78 is 5.09. The van der Waals surface area contributed by atoms with E-state index in [1.54, 1.807) is 0 Å². The molecule has 0 spiro atoms. The van der Waals surface area contributed by atoms with Gasteiger partial charge in [-0.05, 0) is 5.92 Å². The molecule has 6 nitrogen and oxygen atoms in total. The summed E-state index contributed by atoms with van der Waals surface area (Å²) in [5.41, 5.74) is 5.70. The largest absolute Gasteiger partial charge is 0.481 e. The fourth-order valence-corrected chi connectivity index (χ4v) is 1.79. The van der Waals surface area contributed by atoms with Crippen molar-refractivity contribution in [3.05, 3.63) is 0 Å². The van der Waals surface area contributed by atoms with Gasteiger partial charge < -0.3 is 20.9 Å². The molecule has 0 aromatic carbocycles. The maximum Gasteiger partial charge on any atom is 0.308 e. The first-order valence-electron chi connectivity index (χ1n) is 5.77. The smallest absolute Gasteiger partial charge is 0.308 e. The lowest BCUT2D eigenvalue weighted by molar-refractivity contribution is -0.143. The standard InChI is InChI=1S/C11H20N2O4/c1-6(2)7(11(15)16)3-13-10(14)8-4-17-5-9(8)12/h6-9H,3-5,12H2,1-2H3,(H,13,14)(H,15,16). The molecule has 3 atom stereocenters. The molecule has 0 saturated carbocycles. The van der Waals surface area contributed by atoms with Gasteiger partial charge in [-0.1, -0.05) is 13.8 Å². The molecule has 0 aliphatic carbocycles. The summed E-state index contributed by atoms with van der Waals surface area (Å²) in [6.07, 6.45) is 0. The molecule has 6 heteroatoms. The van der Waals surface area contributed by atoms with Crippen molar-refractivity contribution in [1.82, 2.24) is 5.32 Å². The van der Waals surface area contributed by atoms with Crippen molar-refractivity contribution >= 4 is 11.9 Å². The van der Waals surface area contributed by atoms with Crippen LogP contribution in [0.1, 0.15) is 13.8 Å². The van der Waals surface area contributed by atoms with E-state index in [2.05, 4.69) is 5.32 Å². The van der Waals surface area contributed by atoms with E-state index in [0.717, 1.165) is 0 Å². The topological polar surface area (TPSA) is 102 Å². The van der Waals surface area contributed by atoms with Crippen molar-refractivity contribution in [3.8, 4) is 0 Å². The van der Waals surface area contributed by atoms with E-state index in [4.69, 9.17) is 15.6 Å². The fourth-order valence-electron chi connectivity index (χ4n) is 1.79. The number of carboxylic acid groups (broad SMARTS) is 1. The first kappa shape index (κ1) is 13.9. The van der Waals surface area contributed by atoms with Gasteiger partial charge in [0.1, 0.15) is 0 Å². The minimum Gasteiger partial charge on any atom is -0.481 e. The third-order valence-electron chi connectivity index (χ3n) is 3.08. The molecule has 1 aliphatic heterocycles. The van der Waals surface area contributed by atoms with Crippen LogP contribution in [0.4, 0.5) is 0 Å². The Bertz CT molecular complexity index is 293. The van der Waals surface area contributed by atoms with Crippen LogP contribution >= 0.6 is 0 Å². The van der Waals surface area contributed by atoms with Crippen LogP contribution in [0.3, 0.4) is 0 Å². The number of rotatable bonds is 5. The summed E-state index contributed by atoms with van der Waals surface area (Å²) in [7, 11) is 0. The molecule has 0 aromatic heterocycles. The van der Waals surface area contributed by atoms with Crippen LogP contribution in [-0.2, 0) is 14.3 Å². The van der Waals surface area contributed by atoms with Crippen molar-refractivity contribution in [1.29, 1.82) is 0 Å². The Hall–Kier alpha value is -1.14. The lowest BCUT2D eigenvalue weighted by Crippen LogP contribution is -2.44. The van der Waals surface area contributed by atoms with Gasteiger partial charge in [0.15, 0.2) is 0 Å². The van der Waals surface area contributed by atoms with Crippen LogP contribution < -0.4 is 11.1 Å². The lowest BCUT2D eigenvalue weighted by atomic mass is 9.95. The van der Waals surface area contributed by atoms with E-state index in [9.17, 15) is 9.59 Å². The van der Waals surface area contributed by atoms with Gasteiger partial charge in [0.25, 0.3) is 0 Å². The Morgan fingerprint density at radius 3 is 2.53 bits per heavy atom. The minimum absolute atomic E-state index is 0.0266. The lowest BCUT2D eigenvalue weighted by Gasteiger charge is -2.19. The number of carboxylic acids is 1. The maximum absolute atomic E-state index is 11.7. The predicted molar refractivity (Wildman–Crippen MR) is 61.3 cm³/mol. The second-order valence-electron chi connectivity index (χ2n) is 4.74. The van der Waals surface area contributed by atoms with Gasteiger partial charge in [0.05, 0.1) is 25.0 Å². The highest BCUT2D eigenvalue weighted by atomic mass is 16.5. The van der Waals surface area contributed by atoms with E-state index < -0.39 is 11.9 Å². The molecule has 1 amide bonds. The molecular weight excluding hydrogens is 224 g/mol. The monoisotopic (exact) mass is 244 g/mol. The second kappa shape index (κ2) is 5.97. The maximum atomic E-state index is 11.7. The predicted octanol–water partition coefficient (Wildman–Crippen LogP) is -0.567. The van der Waals surface area contributed by atoms with Gasteiger partial charge in [-0.25, -0.2) is 0 Å².